The highest BCUT2D eigenvalue weighted by atomic mass is 32.1. The van der Waals surface area contributed by atoms with Crippen LogP contribution in [0.5, 0.6) is 0 Å². The summed E-state index contributed by atoms with van der Waals surface area (Å²) in [6, 6.07) is 10.8. The van der Waals surface area contributed by atoms with Crippen molar-refractivity contribution < 1.29 is 0 Å². The van der Waals surface area contributed by atoms with Crippen LogP contribution in [0.1, 0.15) is 16.0 Å². The Kier molecular flexibility index (Phi) is 1.81. The minimum Gasteiger partial charge on any atom is -0.380 e. The van der Waals surface area contributed by atoms with Crippen molar-refractivity contribution in [2.75, 3.05) is 5.32 Å². The Hall–Kier alpha value is -1.28. The average Bonchev–Trinajstić information content (AvgIpc) is 2.58. The van der Waals surface area contributed by atoms with Gasteiger partial charge in [-0.25, -0.2) is 0 Å². The summed E-state index contributed by atoms with van der Waals surface area (Å²) in [4.78, 5) is 1.45. The van der Waals surface area contributed by atoms with Crippen LogP contribution in [0.15, 0.2) is 35.7 Å². The van der Waals surface area contributed by atoms with Crippen molar-refractivity contribution in [1.82, 2.24) is 0 Å². The van der Waals surface area contributed by atoms with Crippen molar-refractivity contribution in [3.63, 3.8) is 0 Å². The van der Waals surface area contributed by atoms with E-state index >= 15 is 0 Å². The third-order valence-electron chi connectivity index (χ3n) is 2.68. The highest BCUT2D eigenvalue weighted by Gasteiger charge is 2.12. The van der Waals surface area contributed by atoms with Gasteiger partial charge in [0.25, 0.3) is 0 Å². The van der Waals surface area contributed by atoms with E-state index in [9.17, 15) is 0 Å². The van der Waals surface area contributed by atoms with Gasteiger partial charge in [0, 0.05) is 23.5 Å². The second-order valence-electron chi connectivity index (χ2n) is 3.56. The number of anilines is 1. The summed E-state index contributed by atoms with van der Waals surface area (Å²) in [5.41, 5.74) is 4.20. The molecule has 3 rings (SSSR count). The Bertz CT molecular complexity index is 459. The molecule has 1 nitrogen and oxygen atoms in total. The Morgan fingerprint density at radius 2 is 1.93 bits per heavy atom. The molecule has 2 aromatic rings. The van der Waals surface area contributed by atoms with Crippen LogP contribution in [0.3, 0.4) is 0 Å². The maximum atomic E-state index is 3.47. The van der Waals surface area contributed by atoms with Crippen LogP contribution in [0.25, 0.3) is 0 Å². The molecule has 0 radical (unpaired) electrons. The van der Waals surface area contributed by atoms with E-state index in [0.717, 1.165) is 13.0 Å². The van der Waals surface area contributed by atoms with E-state index in [1.807, 2.05) is 11.3 Å². The van der Waals surface area contributed by atoms with Crippen LogP contribution in [-0.2, 0) is 13.0 Å². The lowest BCUT2D eigenvalue weighted by atomic mass is 10.1. The van der Waals surface area contributed by atoms with E-state index in [0.29, 0.717) is 0 Å². The summed E-state index contributed by atoms with van der Waals surface area (Å²) in [6.45, 7) is 0.958. The summed E-state index contributed by atoms with van der Waals surface area (Å²) in [6.07, 6.45) is 1.08. The molecule has 1 aliphatic heterocycles. The van der Waals surface area contributed by atoms with Gasteiger partial charge in [-0.3, -0.25) is 0 Å². The third kappa shape index (κ3) is 1.23. The zero-order valence-electron chi connectivity index (χ0n) is 7.79. The first-order valence-corrected chi connectivity index (χ1v) is 5.68. The van der Waals surface area contributed by atoms with E-state index in [1.165, 1.54) is 21.7 Å². The lowest BCUT2D eigenvalue weighted by molar-refractivity contribution is 1.12. The van der Waals surface area contributed by atoms with Crippen LogP contribution in [0.4, 0.5) is 5.69 Å². The van der Waals surface area contributed by atoms with Gasteiger partial charge in [-0.2, -0.15) is 0 Å². The van der Waals surface area contributed by atoms with E-state index in [1.54, 1.807) is 0 Å². The molecular formula is C12H11NS. The minimum absolute atomic E-state index is 0.958. The van der Waals surface area contributed by atoms with Crippen LogP contribution < -0.4 is 5.32 Å². The van der Waals surface area contributed by atoms with E-state index in [4.69, 9.17) is 0 Å². The van der Waals surface area contributed by atoms with Gasteiger partial charge in [0.2, 0.25) is 0 Å². The Morgan fingerprint density at radius 3 is 2.86 bits per heavy atom. The molecule has 0 bridgehead atoms. The molecule has 1 N–H and O–H groups in total. The maximum Gasteiger partial charge on any atom is 0.0487 e. The molecule has 0 spiro atoms. The minimum atomic E-state index is 0.958. The molecule has 0 aliphatic carbocycles. The van der Waals surface area contributed by atoms with Gasteiger partial charge < -0.3 is 5.32 Å². The predicted molar refractivity (Wildman–Crippen MR) is 60.9 cm³/mol. The fourth-order valence-corrected chi connectivity index (χ4v) is 2.78. The zero-order valence-corrected chi connectivity index (χ0v) is 8.60. The molecule has 0 fully saturated rings. The van der Waals surface area contributed by atoms with Crippen molar-refractivity contribution in [1.29, 1.82) is 0 Å². The van der Waals surface area contributed by atoms with Gasteiger partial charge in [0.05, 0.1) is 0 Å². The molecule has 1 aromatic heterocycles. The number of hydrogen-bond acceptors (Lipinski definition) is 2. The van der Waals surface area contributed by atoms with Crippen LogP contribution >= 0.6 is 11.3 Å². The molecule has 0 saturated carbocycles. The molecule has 0 saturated heterocycles. The normalized spacial score (nSPS) is 13.7. The number of fused-ring (bicyclic) bond motifs is 2. The largest absolute Gasteiger partial charge is 0.380 e. The van der Waals surface area contributed by atoms with E-state index in [-0.39, 0.29) is 0 Å². The van der Waals surface area contributed by atoms with Gasteiger partial charge in [-0.1, -0.05) is 24.3 Å². The van der Waals surface area contributed by atoms with Gasteiger partial charge in [0.1, 0.15) is 0 Å². The van der Waals surface area contributed by atoms with Crippen LogP contribution in [0.2, 0.25) is 0 Å². The van der Waals surface area contributed by atoms with Gasteiger partial charge in [-0.15, -0.1) is 11.3 Å². The molecular weight excluding hydrogens is 190 g/mol. The lowest BCUT2D eigenvalue weighted by Crippen LogP contribution is -1.97. The maximum absolute atomic E-state index is 3.47. The van der Waals surface area contributed by atoms with Gasteiger partial charge in [0.15, 0.2) is 0 Å². The SMILES string of the molecule is c1ccc2c(c1)CNc1ccsc1C2. The number of hydrogen-bond donors (Lipinski definition) is 1. The van der Waals surface area contributed by atoms with Crippen molar-refractivity contribution >= 4 is 17.0 Å². The molecule has 14 heavy (non-hydrogen) atoms. The van der Waals surface area contributed by atoms with Crippen LogP contribution in [-0.4, -0.2) is 0 Å². The molecule has 2 heteroatoms. The van der Waals surface area contributed by atoms with Crippen molar-refractivity contribution in [2.45, 2.75) is 13.0 Å². The third-order valence-corrected chi connectivity index (χ3v) is 3.61. The Balaban J connectivity index is 2.10. The average molecular weight is 201 g/mol. The first-order chi connectivity index (χ1) is 6.93. The predicted octanol–water partition coefficient (Wildman–Crippen LogP) is 3.26. The summed E-state index contributed by atoms with van der Waals surface area (Å²) < 4.78 is 0. The highest BCUT2D eigenvalue weighted by molar-refractivity contribution is 7.10. The number of benzene rings is 1. The highest BCUT2D eigenvalue weighted by Crippen LogP contribution is 2.29. The number of nitrogens with one attached hydrogen (secondary N) is 1. The molecule has 70 valence electrons. The molecule has 1 aliphatic rings. The standard InChI is InChI=1S/C12H11NS/c1-2-4-10-8-13-11-5-6-14-12(11)7-9(10)3-1/h1-6,13H,7-8H2. The summed E-state index contributed by atoms with van der Waals surface area (Å²) in [7, 11) is 0. The second kappa shape index (κ2) is 3.14. The molecule has 0 unspecified atom stereocenters. The quantitative estimate of drug-likeness (QED) is 0.690. The summed E-state index contributed by atoms with van der Waals surface area (Å²) >= 11 is 1.84. The number of thiophene rings is 1. The van der Waals surface area contributed by atoms with Gasteiger partial charge >= 0.3 is 0 Å². The van der Waals surface area contributed by atoms with E-state index in [2.05, 4.69) is 41.0 Å². The zero-order chi connectivity index (χ0) is 9.38. The fraction of sp³-hybridized carbons (Fsp3) is 0.167. The van der Waals surface area contributed by atoms with Crippen molar-refractivity contribution in [2.24, 2.45) is 0 Å². The molecule has 1 aromatic carbocycles. The van der Waals surface area contributed by atoms with Crippen molar-refractivity contribution in [3.05, 3.63) is 51.7 Å². The monoisotopic (exact) mass is 201 g/mol. The fourth-order valence-electron chi connectivity index (χ4n) is 1.90. The van der Waals surface area contributed by atoms with E-state index < -0.39 is 0 Å². The first-order valence-electron chi connectivity index (χ1n) is 4.80. The number of rotatable bonds is 0. The van der Waals surface area contributed by atoms with Gasteiger partial charge in [-0.05, 0) is 22.6 Å². The lowest BCUT2D eigenvalue weighted by Gasteiger charge is -2.03. The molecule has 0 amide bonds. The summed E-state index contributed by atoms with van der Waals surface area (Å²) in [5, 5.41) is 5.63. The Morgan fingerprint density at radius 1 is 1.07 bits per heavy atom. The molecule has 2 heterocycles. The van der Waals surface area contributed by atoms with Crippen molar-refractivity contribution in [3.8, 4) is 0 Å². The topological polar surface area (TPSA) is 12.0 Å². The first kappa shape index (κ1) is 8.06. The smallest absolute Gasteiger partial charge is 0.0487 e. The molecule has 0 atom stereocenters. The Labute approximate surface area is 87.4 Å². The second-order valence-corrected chi connectivity index (χ2v) is 4.56. The van der Waals surface area contributed by atoms with Crippen LogP contribution in [0, 0.1) is 0 Å². The summed E-state index contributed by atoms with van der Waals surface area (Å²) in [5.74, 6) is 0.